The van der Waals surface area contributed by atoms with Gasteiger partial charge in [-0.1, -0.05) is 11.6 Å². The van der Waals surface area contributed by atoms with Crippen LogP contribution in [-0.2, 0) is 0 Å². The standard InChI is InChI=1S/C6H4Cl2N2O4S2/c7-3(5(8)10(13)14)4(9(11)12)6-15-1-2-16-6/h1-2H2/b5-3-. The maximum atomic E-state index is 10.8. The Bertz CT molecular complexity index is 401. The molecule has 0 radical (unpaired) electrons. The Morgan fingerprint density at radius 3 is 2.00 bits per heavy atom. The summed E-state index contributed by atoms with van der Waals surface area (Å²) in [6.07, 6.45) is 0. The van der Waals surface area contributed by atoms with Crippen molar-refractivity contribution in [2.45, 2.75) is 0 Å². The van der Waals surface area contributed by atoms with E-state index in [0.717, 1.165) is 0 Å². The van der Waals surface area contributed by atoms with Gasteiger partial charge < -0.3 is 0 Å². The van der Waals surface area contributed by atoms with Gasteiger partial charge in [-0.15, -0.1) is 23.5 Å². The fraction of sp³-hybridized carbons (Fsp3) is 0.333. The zero-order valence-corrected chi connectivity index (χ0v) is 10.7. The molecule has 0 spiro atoms. The van der Waals surface area contributed by atoms with Crippen LogP contribution in [-0.4, -0.2) is 21.4 Å². The maximum Gasteiger partial charge on any atom is 0.362 e. The second-order valence-corrected chi connectivity index (χ2v) is 5.66. The van der Waals surface area contributed by atoms with Crippen LogP contribution in [0.4, 0.5) is 0 Å². The Kier molecular flexibility index (Phi) is 4.90. The largest absolute Gasteiger partial charge is 0.362 e. The van der Waals surface area contributed by atoms with Crippen LogP contribution in [0.1, 0.15) is 0 Å². The summed E-state index contributed by atoms with van der Waals surface area (Å²) in [7, 11) is 0. The molecule has 0 atom stereocenters. The quantitative estimate of drug-likeness (QED) is 0.452. The first-order valence-electron chi connectivity index (χ1n) is 3.79. The van der Waals surface area contributed by atoms with Gasteiger partial charge in [0, 0.05) is 11.5 Å². The Morgan fingerprint density at radius 2 is 1.62 bits per heavy atom. The van der Waals surface area contributed by atoms with Crippen molar-refractivity contribution in [2.75, 3.05) is 11.5 Å². The Hall–Kier alpha value is -0.440. The third-order valence-corrected chi connectivity index (χ3v) is 4.95. The third kappa shape index (κ3) is 3.03. The number of nitro groups is 2. The van der Waals surface area contributed by atoms with Gasteiger partial charge >= 0.3 is 10.9 Å². The van der Waals surface area contributed by atoms with Crippen LogP contribution in [0.25, 0.3) is 0 Å². The Labute approximate surface area is 108 Å². The lowest BCUT2D eigenvalue weighted by molar-refractivity contribution is -0.428. The molecule has 0 unspecified atom stereocenters. The molecule has 0 bridgehead atoms. The van der Waals surface area contributed by atoms with Crippen molar-refractivity contribution in [3.8, 4) is 0 Å². The topological polar surface area (TPSA) is 86.3 Å². The van der Waals surface area contributed by atoms with E-state index in [1.165, 1.54) is 23.5 Å². The van der Waals surface area contributed by atoms with Crippen molar-refractivity contribution >= 4 is 46.7 Å². The molecule has 6 nitrogen and oxygen atoms in total. The minimum atomic E-state index is -0.960. The highest BCUT2D eigenvalue weighted by Gasteiger charge is 2.32. The van der Waals surface area contributed by atoms with E-state index in [2.05, 4.69) is 0 Å². The smallest absolute Gasteiger partial charge is 0.258 e. The van der Waals surface area contributed by atoms with Gasteiger partial charge in [0.25, 0.3) is 0 Å². The summed E-state index contributed by atoms with van der Waals surface area (Å²) < 4.78 is 0.356. The zero-order valence-electron chi connectivity index (χ0n) is 7.51. The summed E-state index contributed by atoms with van der Waals surface area (Å²) in [6, 6.07) is 0. The maximum absolute atomic E-state index is 10.8. The molecule has 0 N–H and O–H groups in total. The van der Waals surface area contributed by atoms with Crippen molar-refractivity contribution in [3.05, 3.63) is 40.4 Å². The lowest BCUT2D eigenvalue weighted by atomic mass is 10.5. The van der Waals surface area contributed by atoms with Gasteiger partial charge in [-0.2, -0.15) is 0 Å². The molecule has 0 aromatic rings. The van der Waals surface area contributed by atoms with Gasteiger partial charge in [0.2, 0.25) is 5.03 Å². The van der Waals surface area contributed by atoms with Crippen molar-refractivity contribution < 1.29 is 9.85 Å². The number of hydrogen-bond donors (Lipinski definition) is 0. The van der Waals surface area contributed by atoms with Crippen LogP contribution >= 0.6 is 46.7 Å². The van der Waals surface area contributed by atoms with Crippen LogP contribution in [0.5, 0.6) is 0 Å². The van der Waals surface area contributed by atoms with E-state index in [4.69, 9.17) is 23.2 Å². The fourth-order valence-electron chi connectivity index (χ4n) is 0.869. The van der Waals surface area contributed by atoms with Crippen molar-refractivity contribution in [1.29, 1.82) is 0 Å². The second-order valence-electron chi connectivity index (χ2n) is 2.45. The lowest BCUT2D eigenvalue weighted by Gasteiger charge is -1.99. The average molecular weight is 303 g/mol. The van der Waals surface area contributed by atoms with Crippen molar-refractivity contribution in [1.82, 2.24) is 0 Å². The van der Waals surface area contributed by atoms with Crippen molar-refractivity contribution in [2.24, 2.45) is 0 Å². The molecule has 0 aromatic carbocycles. The number of halogens is 2. The van der Waals surface area contributed by atoms with Gasteiger partial charge in [-0.25, -0.2) is 0 Å². The Balaban J connectivity index is 3.24. The van der Waals surface area contributed by atoms with Crippen LogP contribution in [0.3, 0.4) is 0 Å². The van der Waals surface area contributed by atoms with Crippen LogP contribution in [0.15, 0.2) is 20.1 Å². The molecule has 0 saturated carbocycles. The minimum Gasteiger partial charge on any atom is -0.258 e. The number of thioether (sulfide) groups is 2. The Morgan fingerprint density at radius 1 is 1.12 bits per heavy atom. The SMILES string of the molecule is O=[N+]([O-])C(=C1SCCS1)/C(Cl)=C(\Cl)[N+](=O)[O-]. The lowest BCUT2D eigenvalue weighted by Crippen LogP contribution is -2.04. The summed E-state index contributed by atoms with van der Waals surface area (Å²) >= 11 is 13.3. The predicted octanol–water partition coefficient (Wildman–Crippen LogP) is 2.84. The van der Waals surface area contributed by atoms with E-state index >= 15 is 0 Å². The summed E-state index contributed by atoms with van der Waals surface area (Å²) in [6.45, 7) is 0. The molecule has 0 aromatic heterocycles. The molecule has 1 rings (SSSR count). The van der Waals surface area contributed by atoms with E-state index in [9.17, 15) is 20.2 Å². The zero-order chi connectivity index (χ0) is 12.3. The van der Waals surface area contributed by atoms with E-state index in [1.54, 1.807) is 0 Å². The second kappa shape index (κ2) is 5.76. The predicted molar refractivity (Wildman–Crippen MR) is 64.7 cm³/mol. The van der Waals surface area contributed by atoms with E-state index < -0.39 is 25.7 Å². The molecule has 1 aliphatic rings. The number of allylic oxidation sites excluding steroid dienone is 1. The molecule has 1 aliphatic heterocycles. The molecule has 0 aliphatic carbocycles. The molecule has 0 amide bonds. The number of rotatable bonds is 3. The molecule has 1 heterocycles. The number of hydrogen-bond acceptors (Lipinski definition) is 6. The summed E-state index contributed by atoms with van der Waals surface area (Å²) in [5.41, 5.74) is -0.490. The van der Waals surface area contributed by atoms with E-state index in [0.29, 0.717) is 15.7 Å². The average Bonchev–Trinajstić information content (AvgIpc) is 2.69. The number of nitrogens with zero attached hydrogens (tertiary/aromatic N) is 2. The summed E-state index contributed by atoms with van der Waals surface area (Å²) in [5.74, 6) is 1.41. The molecule has 1 fully saturated rings. The fourth-order valence-corrected chi connectivity index (χ4v) is 3.80. The monoisotopic (exact) mass is 302 g/mol. The highest BCUT2D eigenvalue weighted by molar-refractivity contribution is 8.25. The van der Waals surface area contributed by atoms with Gasteiger partial charge in [0.05, 0.1) is 9.85 Å². The highest BCUT2D eigenvalue weighted by atomic mass is 35.5. The van der Waals surface area contributed by atoms with Gasteiger partial charge in [0.1, 0.15) is 4.24 Å². The van der Waals surface area contributed by atoms with E-state index in [1.807, 2.05) is 0 Å². The summed E-state index contributed by atoms with van der Waals surface area (Å²) in [4.78, 5) is 19.4. The molecular weight excluding hydrogens is 299 g/mol. The molecule has 1 saturated heterocycles. The minimum absolute atomic E-state index is 0.356. The van der Waals surface area contributed by atoms with E-state index in [-0.39, 0.29) is 0 Å². The summed E-state index contributed by atoms with van der Waals surface area (Å²) in [5, 5.41) is 19.6. The molecule has 16 heavy (non-hydrogen) atoms. The van der Waals surface area contributed by atoms with Crippen LogP contribution in [0.2, 0.25) is 0 Å². The molecule has 88 valence electrons. The molecule has 10 heteroatoms. The third-order valence-electron chi connectivity index (χ3n) is 1.47. The first kappa shape index (κ1) is 13.6. The van der Waals surface area contributed by atoms with Gasteiger partial charge in [0.15, 0.2) is 0 Å². The van der Waals surface area contributed by atoms with Gasteiger partial charge in [-0.05, 0) is 11.6 Å². The normalized spacial score (nSPS) is 17.0. The van der Waals surface area contributed by atoms with Crippen molar-refractivity contribution in [3.63, 3.8) is 0 Å². The van der Waals surface area contributed by atoms with Crippen LogP contribution < -0.4 is 0 Å². The first-order chi connectivity index (χ1) is 7.45. The molecular formula is C6H4Cl2N2O4S2. The van der Waals surface area contributed by atoms with Gasteiger partial charge in [-0.3, -0.25) is 20.2 Å². The first-order valence-corrected chi connectivity index (χ1v) is 6.52. The van der Waals surface area contributed by atoms with Crippen LogP contribution in [0, 0.1) is 20.2 Å². The highest BCUT2D eigenvalue weighted by Crippen LogP contribution is 2.42.